The Labute approximate surface area is 123 Å². The lowest BCUT2D eigenvalue weighted by molar-refractivity contribution is 0.102. The molecule has 1 nitrogen and oxygen atoms in total. The summed E-state index contributed by atoms with van der Waals surface area (Å²) in [5, 5.41) is 0.740. The largest absolute Gasteiger partial charge is 0.293 e. The first kappa shape index (κ1) is 14.2. The Morgan fingerprint density at radius 2 is 1.89 bits per heavy atom. The van der Waals surface area contributed by atoms with Crippen LogP contribution in [-0.4, -0.2) is 11.5 Å². The molecule has 0 aliphatic rings. The topological polar surface area (TPSA) is 17.1 Å². The van der Waals surface area contributed by atoms with Crippen molar-refractivity contribution in [2.24, 2.45) is 0 Å². The first-order valence-electron chi connectivity index (χ1n) is 6.07. The molecule has 0 saturated carbocycles. The monoisotopic (exact) mass is 290 g/mol. The van der Waals surface area contributed by atoms with Crippen LogP contribution in [0.2, 0.25) is 5.02 Å². The quantitative estimate of drug-likeness (QED) is 0.738. The van der Waals surface area contributed by atoms with Gasteiger partial charge in [0, 0.05) is 16.3 Å². The highest BCUT2D eigenvalue weighted by atomic mass is 35.5. The van der Waals surface area contributed by atoms with Crippen molar-refractivity contribution in [3.8, 4) is 0 Å². The molecule has 0 fully saturated rings. The molecule has 19 heavy (non-hydrogen) atoms. The van der Waals surface area contributed by atoms with Crippen LogP contribution in [0, 0.1) is 6.92 Å². The summed E-state index contributed by atoms with van der Waals surface area (Å²) in [5.41, 5.74) is 3.10. The van der Waals surface area contributed by atoms with E-state index >= 15 is 0 Å². The average Bonchev–Trinajstić information content (AvgIpc) is 2.41. The van der Waals surface area contributed by atoms with Crippen molar-refractivity contribution >= 4 is 29.1 Å². The Hall–Kier alpha value is -1.25. The van der Waals surface area contributed by atoms with Crippen LogP contribution in [0.5, 0.6) is 0 Å². The molecule has 0 aliphatic heterocycles. The molecule has 0 aromatic heterocycles. The van der Waals surface area contributed by atoms with E-state index in [0.29, 0.717) is 5.75 Å². The molecule has 0 amide bonds. The lowest BCUT2D eigenvalue weighted by Gasteiger charge is -2.03. The highest BCUT2D eigenvalue weighted by molar-refractivity contribution is 7.99. The zero-order valence-electron chi connectivity index (χ0n) is 10.7. The Morgan fingerprint density at radius 1 is 1.16 bits per heavy atom. The molecule has 3 heteroatoms. The Morgan fingerprint density at radius 3 is 2.58 bits per heavy atom. The van der Waals surface area contributed by atoms with Crippen molar-refractivity contribution in [1.29, 1.82) is 0 Å². The van der Waals surface area contributed by atoms with Crippen molar-refractivity contribution in [2.45, 2.75) is 12.7 Å². The standard InChI is InChI=1S/C16H15ClOS/c1-12-3-2-4-14(9-12)16(18)11-19-10-13-5-7-15(17)8-6-13/h2-9H,10-11H2,1H3. The summed E-state index contributed by atoms with van der Waals surface area (Å²) in [7, 11) is 0. The summed E-state index contributed by atoms with van der Waals surface area (Å²) in [4.78, 5) is 12.0. The maximum Gasteiger partial charge on any atom is 0.172 e. The highest BCUT2D eigenvalue weighted by Gasteiger charge is 2.06. The normalized spacial score (nSPS) is 10.4. The Kier molecular flexibility index (Phi) is 5.06. The third-order valence-corrected chi connectivity index (χ3v) is 4.01. The van der Waals surface area contributed by atoms with E-state index in [-0.39, 0.29) is 5.78 Å². The van der Waals surface area contributed by atoms with Gasteiger partial charge in [-0.2, -0.15) is 0 Å². The van der Waals surface area contributed by atoms with E-state index in [1.165, 1.54) is 5.56 Å². The molecule has 0 unspecified atom stereocenters. The van der Waals surface area contributed by atoms with Crippen molar-refractivity contribution in [3.63, 3.8) is 0 Å². The Bertz CT molecular complexity index is 563. The van der Waals surface area contributed by atoms with Crippen molar-refractivity contribution in [2.75, 3.05) is 5.75 Å². The van der Waals surface area contributed by atoms with Crippen LogP contribution in [0.15, 0.2) is 48.5 Å². The third-order valence-electron chi connectivity index (χ3n) is 2.76. The maximum atomic E-state index is 12.0. The summed E-state index contributed by atoms with van der Waals surface area (Å²) in [6.45, 7) is 2.00. The molecule has 2 aromatic rings. The predicted octanol–water partition coefficient (Wildman–Crippen LogP) is 4.76. The number of Topliss-reactive ketones (excluding diaryl/α,β-unsaturated/α-hetero) is 1. The van der Waals surface area contributed by atoms with Crippen LogP contribution < -0.4 is 0 Å². The molecule has 2 aromatic carbocycles. The van der Waals surface area contributed by atoms with E-state index in [0.717, 1.165) is 21.9 Å². The van der Waals surface area contributed by atoms with Gasteiger partial charge in [-0.05, 0) is 30.7 Å². The molecule has 0 spiro atoms. The summed E-state index contributed by atoms with van der Waals surface area (Å²) < 4.78 is 0. The average molecular weight is 291 g/mol. The van der Waals surface area contributed by atoms with Crippen molar-refractivity contribution < 1.29 is 4.79 Å². The Balaban J connectivity index is 1.86. The molecule has 0 radical (unpaired) electrons. The second kappa shape index (κ2) is 6.78. The molecule has 98 valence electrons. The number of benzene rings is 2. The van der Waals surface area contributed by atoms with Crippen molar-refractivity contribution in [3.05, 3.63) is 70.2 Å². The van der Waals surface area contributed by atoms with Gasteiger partial charge in [-0.15, -0.1) is 11.8 Å². The molecule has 0 aliphatic carbocycles. The smallest absolute Gasteiger partial charge is 0.172 e. The summed E-state index contributed by atoms with van der Waals surface area (Å²) >= 11 is 7.46. The number of hydrogen-bond donors (Lipinski definition) is 0. The number of halogens is 1. The predicted molar refractivity (Wildman–Crippen MR) is 83.1 cm³/mol. The van der Waals surface area contributed by atoms with E-state index in [4.69, 9.17) is 11.6 Å². The molecule has 0 atom stereocenters. The zero-order chi connectivity index (χ0) is 13.7. The summed E-state index contributed by atoms with van der Waals surface area (Å²) in [5.74, 6) is 1.52. The van der Waals surface area contributed by atoms with Gasteiger partial charge in [-0.3, -0.25) is 4.79 Å². The molecule has 0 bridgehead atoms. The number of thioether (sulfide) groups is 1. The third kappa shape index (κ3) is 4.41. The minimum absolute atomic E-state index is 0.183. The van der Waals surface area contributed by atoms with Gasteiger partial charge in [0.2, 0.25) is 0 Å². The number of aryl methyl sites for hydroxylation is 1. The van der Waals surface area contributed by atoms with Crippen LogP contribution in [0.1, 0.15) is 21.5 Å². The number of carbonyl (C=O) groups excluding carboxylic acids is 1. The minimum atomic E-state index is 0.183. The number of hydrogen-bond acceptors (Lipinski definition) is 2. The first-order valence-corrected chi connectivity index (χ1v) is 7.60. The van der Waals surface area contributed by atoms with Gasteiger partial charge in [-0.25, -0.2) is 0 Å². The lowest BCUT2D eigenvalue weighted by atomic mass is 10.1. The fourth-order valence-corrected chi connectivity index (χ4v) is 2.75. The number of rotatable bonds is 5. The zero-order valence-corrected chi connectivity index (χ0v) is 12.3. The summed E-state index contributed by atoms with van der Waals surface area (Å²) in [6, 6.07) is 15.5. The first-order chi connectivity index (χ1) is 9.15. The molecule has 0 N–H and O–H groups in total. The number of carbonyl (C=O) groups is 1. The second-order valence-electron chi connectivity index (χ2n) is 4.41. The molecular weight excluding hydrogens is 276 g/mol. The summed E-state index contributed by atoms with van der Waals surface area (Å²) in [6.07, 6.45) is 0. The van der Waals surface area contributed by atoms with Crippen LogP contribution in [0.25, 0.3) is 0 Å². The van der Waals surface area contributed by atoms with Gasteiger partial charge in [0.1, 0.15) is 0 Å². The van der Waals surface area contributed by atoms with E-state index in [2.05, 4.69) is 0 Å². The lowest BCUT2D eigenvalue weighted by Crippen LogP contribution is -2.02. The van der Waals surface area contributed by atoms with Gasteiger partial charge >= 0.3 is 0 Å². The van der Waals surface area contributed by atoms with E-state index in [1.807, 2.05) is 55.5 Å². The van der Waals surface area contributed by atoms with Crippen LogP contribution in [-0.2, 0) is 5.75 Å². The second-order valence-corrected chi connectivity index (χ2v) is 5.83. The van der Waals surface area contributed by atoms with Gasteiger partial charge in [0.15, 0.2) is 5.78 Å². The number of ketones is 1. The van der Waals surface area contributed by atoms with Gasteiger partial charge < -0.3 is 0 Å². The molecular formula is C16H15ClOS. The molecule has 2 rings (SSSR count). The minimum Gasteiger partial charge on any atom is -0.293 e. The fraction of sp³-hybridized carbons (Fsp3) is 0.188. The van der Waals surface area contributed by atoms with E-state index in [1.54, 1.807) is 11.8 Å². The van der Waals surface area contributed by atoms with Crippen LogP contribution in [0.4, 0.5) is 0 Å². The fourth-order valence-electron chi connectivity index (χ4n) is 1.74. The van der Waals surface area contributed by atoms with Crippen LogP contribution >= 0.6 is 23.4 Å². The SMILES string of the molecule is Cc1cccc(C(=O)CSCc2ccc(Cl)cc2)c1. The van der Waals surface area contributed by atoms with Gasteiger partial charge in [0.05, 0.1) is 5.75 Å². The highest BCUT2D eigenvalue weighted by Crippen LogP contribution is 2.17. The van der Waals surface area contributed by atoms with Gasteiger partial charge in [-0.1, -0.05) is 47.5 Å². The molecule has 0 saturated heterocycles. The van der Waals surface area contributed by atoms with E-state index in [9.17, 15) is 4.79 Å². The van der Waals surface area contributed by atoms with Crippen molar-refractivity contribution in [1.82, 2.24) is 0 Å². The maximum absolute atomic E-state index is 12.0. The van der Waals surface area contributed by atoms with Crippen LogP contribution in [0.3, 0.4) is 0 Å². The molecule has 0 heterocycles. The van der Waals surface area contributed by atoms with E-state index < -0.39 is 0 Å². The van der Waals surface area contributed by atoms with Gasteiger partial charge in [0.25, 0.3) is 0 Å².